The fourth-order valence-corrected chi connectivity index (χ4v) is 4.65. The largest absolute Gasteiger partial charge is 0.356 e. The summed E-state index contributed by atoms with van der Waals surface area (Å²) < 4.78 is 32.2. The van der Waals surface area contributed by atoms with Gasteiger partial charge >= 0.3 is 0 Å². The first kappa shape index (κ1) is 15.3. The van der Waals surface area contributed by atoms with E-state index in [0.717, 1.165) is 29.5 Å². The molecule has 3 heterocycles. The summed E-state index contributed by atoms with van der Waals surface area (Å²) in [5, 5.41) is 5.23. The third-order valence-electron chi connectivity index (χ3n) is 4.52. The van der Waals surface area contributed by atoms with Crippen molar-refractivity contribution in [2.45, 2.75) is 23.7 Å². The van der Waals surface area contributed by atoms with Crippen LogP contribution in [0.1, 0.15) is 24.5 Å². The molecule has 0 unspecified atom stereocenters. The van der Waals surface area contributed by atoms with Crippen LogP contribution in [0.3, 0.4) is 0 Å². The summed E-state index contributed by atoms with van der Waals surface area (Å²) in [5.41, 5.74) is 1.71. The number of pyridine rings is 1. The minimum absolute atomic E-state index is 0.217. The standard InChI is InChI=1S/C17H17N3O3S/c21-24(22,14-4-3-9-18-12-14)20-10-7-13(8-11-20)17-15-5-1-2-6-16(15)23-19-17/h1-6,9,12-13H,7-8,10-11H2. The molecule has 0 N–H and O–H groups in total. The summed E-state index contributed by atoms with van der Waals surface area (Å²) in [6.07, 6.45) is 4.43. The number of piperidine rings is 1. The lowest BCUT2D eigenvalue weighted by atomic mass is 9.93. The lowest BCUT2D eigenvalue weighted by molar-refractivity contribution is 0.310. The molecule has 7 heteroatoms. The molecule has 3 aromatic rings. The van der Waals surface area contributed by atoms with Gasteiger partial charge in [0.1, 0.15) is 4.90 Å². The molecule has 2 aromatic heterocycles. The Kier molecular flexibility index (Phi) is 3.82. The van der Waals surface area contributed by atoms with Crippen molar-refractivity contribution in [2.24, 2.45) is 0 Å². The van der Waals surface area contributed by atoms with Gasteiger partial charge in [0, 0.05) is 36.8 Å². The number of para-hydroxylation sites is 1. The minimum atomic E-state index is -3.47. The fourth-order valence-electron chi connectivity index (χ4n) is 3.22. The van der Waals surface area contributed by atoms with Gasteiger partial charge in [-0.25, -0.2) is 8.42 Å². The molecule has 24 heavy (non-hydrogen) atoms. The highest BCUT2D eigenvalue weighted by Crippen LogP contribution is 2.33. The molecule has 0 bridgehead atoms. The Morgan fingerprint density at radius 2 is 1.88 bits per heavy atom. The number of fused-ring (bicyclic) bond motifs is 1. The SMILES string of the molecule is O=S(=O)(c1cccnc1)N1CCC(c2noc3ccccc23)CC1. The van der Waals surface area contributed by atoms with Gasteiger partial charge in [-0.15, -0.1) is 0 Å². The van der Waals surface area contributed by atoms with Crippen molar-refractivity contribution in [3.05, 3.63) is 54.5 Å². The summed E-state index contributed by atoms with van der Waals surface area (Å²) >= 11 is 0. The van der Waals surface area contributed by atoms with E-state index in [0.29, 0.717) is 13.1 Å². The van der Waals surface area contributed by atoms with Gasteiger partial charge in [-0.3, -0.25) is 4.98 Å². The van der Waals surface area contributed by atoms with Crippen LogP contribution in [0.25, 0.3) is 11.0 Å². The monoisotopic (exact) mass is 343 g/mol. The van der Waals surface area contributed by atoms with Crippen LogP contribution in [0, 0.1) is 0 Å². The number of nitrogens with zero attached hydrogens (tertiary/aromatic N) is 3. The highest BCUT2D eigenvalue weighted by atomic mass is 32.2. The maximum Gasteiger partial charge on any atom is 0.244 e. The molecule has 1 aromatic carbocycles. The first-order valence-electron chi connectivity index (χ1n) is 7.91. The summed E-state index contributed by atoms with van der Waals surface area (Å²) in [7, 11) is -3.47. The number of hydrogen-bond donors (Lipinski definition) is 0. The average molecular weight is 343 g/mol. The Balaban J connectivity index is 1.53. The molecule has 0 aliphatic carbocycles. The summed E-state index contributed by atoms with van der Waals surface area (Å²) in [6.45, 7) is 0.951. The third kappa shape index (κ3) is 2.59. The second-order valence-electron chi connectivity index (χ2n) is 5.93. The van der Waals surface area contributed by atoms with Gasteiger partial charge in [0.2, 0.25) is 10.0 Å². The fraction of sp³-hybridized carbons (Fsp3) is 0.294. The van der Waals surface area contributed by atoms with E-state index in [1.54, 1.807) is 18.3 Å². The van der Waals surface area contributed by atoms with Crippen LogP contribution >= 0.6 is 0 Å². The first-order chi connectivity index (χ1) is 11.7. The molecular formula is C17H17N3O3S. The maximum absolute atomic E-state index is 12.6. The van der Waals surface area contributed by atoms with Crippen molar-refractivity contribution >= 4 is 21.0 Å². The zero-order chi connectivity index (χ0) is 16.6. The smallest absolute Gasteiger partial charge is 0.244 e. The highest BCUT2D eigenvalue weighted by molar-refractivity contribution is 7.89. The van der Waals surface area contributed by atoms with Crippen LogP contribution in [0.4, 0.5) is 0 Å². The van der Waals surface area contributed by atoms with E-state index in [2.05, 4.69) is 10.1 Å². The van der Waals surface area contributed by atoms with Crippen LogP contribution in [0.2, 0.25) is 0 Å². The van der Waals surface area contributed by atoms with Crippen molar-refractivity contribution in [3.8, 4) is 0 Å². The van der Waals surface area contributed by atoms with E-state index in [9.17, 15) is 8.42 Å². The van der Waals surface area contributed by atoms with Gasteiger partial charge in [0.25, 0.3) is 0 Å². The van der Waals surface area contributed by atoms with Gasteiger partial charge in [-0.1, -0.05) is 17.3 Å². The average Bonchev–Trinajstić information content (AvgIpc) is 3.07. The van der Waals surface area contributed by atoms with E-state index in [1.807, 2.05) is 24.3 Å². The molecule has 0 spiro atoms. The minimum Gasteiger partial charge on any atom is -0.356 e. The zero-order valence-electron chi connectivity index (χ0n) is 13.0. The molecule has 0 amide bonds. The molecule has 124 valence electrons. The van der Waals surface area contributed by atoms with Gasteiger partial charge < -0.3 is 4.52 Å². The van der Waals surface area contributed by atoms with Crippen molar-refractivity contribution < 1.29 is 12.9 Å². The lowest BCUT2D eigenvalue weighted by Crippen LogP contribution is -2.38. The predicted molar refractivity (Wildman–Crippen MR) is 89.0 cm³/mol. The quantitative estimate of drug-likeness (QED) is 0.731. The maximum atomic E-state index is 12.6. The second kappa shape index (κ2) is 5.99. The van der Waals surface area contributed by atoms with Gasteiger partial charge in [-0.05, 0) is 37.1 Å². The number of rotatable bonds is 3. The number of sulfonamides is 1. The molecule has 4 rings (SSSR count). The highest BCUT2D eigenvalue weighted by Gasteiger charge is 2.31. The Morgan fingerprint density at radius 3 is 2.62 bits per heavy atom. The van der Waals surface area contributed by atoms with Crippen LogP contribution in [-0.4, -0.2) is 36.0 Å². The van der Waals surface area contributed by atoms with Crippen LogP contribution in [0.5, 0.6) is 0 Å². The summed E-state index contributed by atoms with van der Waals surface area (Å²) in [5.74, 6) is 0.217. The topological polar surface area (TPSA) is 76.3 Å². The van der Waals surface area contributed by atoms with Crippen LogP contribution < -0.4 is 0 Å². The zero-order valence-corrected chi connectivity index (χ0v) is 13.8. The Morgan fingerprint density at radius 1 is 1.08 bits per heavy atom. The van der Waals surface area contributed by atoms with Crippen LogP contribution in [0.15, 0.2) is 58.2 Å². The Hall–Kier alpha value is -2.25. The Labute approximate surface area is 140 Å². The molecule has 1 aliphatic heterocycles. The van der Waals surface area contributed by atoms with Crippen molar-refractivity contribution in [1.82, 2.24) is 14.4 Å². The van der Waals surface area contributed by atoms with Gasteiger partial charge in [-0.2, -0.15) is 4.31 Å². The van der Waals surface area contributed by atoms with E-state index in [1.165, 1.54) is 10.5 Å². The number of aromatic nitrogens is 2. The molecule has 0 saturated carbocycles. The Bertz CT molecular complexity index is 945. The second-order valence-corrected chi connectivity index (χ2v) is 7.87. The molecule has 1 saturated heterocycles. The number of benzene rings is 1. The lowest BCUT2D eigenvalue weighted by Gasteiger charge is -2.30. The van der Waals surface area contributed by atoms with Crippen molar-refractivity contribution in [1.29, 1.82) is 0 Å². The predicted octanol–water partition coefficient (Wildman–Crippen LogP) is 2.79. The normalized spacial score (nSPS) is 17.3. The summed E-state index contributed by atoms with van der Waals surface area (Å²) in [4.78, 5) is 4.15. The molecule has 0 atom stereocenters. The molecular weight excluding hydrogens is 326 g/mol. The van der Waals surface area contributed by atoms with E-state index < -0.39 is 10.0 Å². The first-order valence-corrected chi connectivity index (χ1v) is 9.35. The molecule has 1 fully saturated rings. The molecule has 1 aliphatic rings. The van der Waals surface area contributed by atoms with E-state index in [4.69, 9.17) is 4.52 Å². The van der Waals surface area contributed by atoms with Gasteiger partial charge in [0.15, 0.2) is 5.58 Å². The van der Waals surface area contributed by atoms with E-state index >= 15 is 0 Å². The molecule has 6 nitrogen and oxygen atoms in total. The van der Waals surface area contributed by atoms with Gasteiger partial charge in [0.05, 0.1) is 5.69 Å². The van der Waals surface area contributed by atoms with Crippen molar-refractivity contribution in [3.63, 3.8) is 0 Å². The number of hydrogen-bond acceptors (Lipinski definition) is 5. The van der Waals surface area contributed by atoms with E-state index in [-0.39, 0.29) is 10.8 Å². The van der Waals surface area contributed by atoms with Crippen LogP contribution in [-0.2, 0) is 10.0 Å². The third-order valence-corrected chi connectivity index (χ3v) is 6.40. The van der Waals surface area contributed by atoms with Crippen molar-refractivity contribution in [2.75, 3.05) is 13.1 Å². The molecule has 0 radical (unpaired) electrons. The summed E-state index contributed by atoms with van der Waals surface area (Å²) in [6, 6.07) is 11.0.